The van der Waals surface area contributed by atoms with Crippen LogP contribution < -0.4 is 10.6 Å². The molecule has 0 saturated carbocycles. The Labute approximate surface area is 144 Å². The second kappa shape index (κ2) is 11.1. The normalized spacial score (nSPS) is 22.0. The minimum Gasteiger partial charge on any atom is -0.497 e. The fourth-order valence-corrected chi connectivity index (χ4v) is 2.62. The first-order chi connectivity index (χ1) is 11.1. The van der Waals surface area contributed by atoms with Crippen molar-refractivity contribution < 1.29 is 9.53 Å². The fourth-order valence-electron chi connectivity index (χ4n) is 2.49. The molecule has 2 unspecified atom stereocenters. The van der Waals surface area contributed by atoms with E-state index in [1.165, 1.54) is 0 Å². The van der Waals surface area contributed by atoms with E-state index in [-0.39, 0.29) is 17.9 Å². The van der Waals surface area contributed by atoms with Crippen molar-refractivity contribution >= 4 is 17.5 Å². The lowest BCUT2D eigenvalue weighted by Gasteiger charge is -2.19. The summed E-state index contributed by atoms with van der Waals surface area (Å²) in [5.74, 6) is 1.44. The molecular weight excluding hydrogens is 314 g/mol. The van der Waals surface area contributed by atoms with Crippen LogP contribution in [0.2, 0.25) is 0 Å². The average Bonchev–Trinajstić information content (AvgIpc) is 2.80. The van der Waals surface area contributed by atoms with Gasteiger partial charge in [0.15, 0.2) is 0 Å². The minimum absolute atomic E-state index is 0.0337. The van der Waals surface area contributed by atoms with E-state index >= 15 is 0 Å². The van der Waals surface area contributed by atoms with Crippen molar-refractivity contribution in [2.75, 3.05) is 38.7 Å². The Morgan fingerprint density at radius 2 is 2.26 bits per heavy atom. The zero-order valence-electron chi connectivity index (χ0n) is 14.1. The molecule has 2 N–H and O–H groups in total. The number of rotatable bonds is 11. The van der Waals surface area contributed by atoms with Crippen molar-refractivity contribution in [3.63, 3.8) is 0 Å². The van der Waals surface area contributed by atoms with Gasteiger partial charge in [-0.3, -0.25) is 4.79 Å². The largest absolute Gasteiger partial charge is 0.497 e. The molecule has 23 heavy (non-hydrogen) atoms. The number of nitrogens with one attached hydrogen (secondary N) is 2. The highest BCUT2D eigenvalue weighted by molar-refractivity contribution is 6.18. The van der Waals surface area contributed by atoms with E-state index in [4.69, 9.17) is 16.3 Å². The van der Waals surface area contributed by atoms with Gasteiger partial charge in [-0.05, 0) is 19.2 Å². The SMILES string of the molecule is C=CNC/C=C(\CN1CC(NC/C=C\CCl)C(C)C1=O)OCC. The molecule has 1 rings (SSSR count). The highest BCUT2D eigenvalue weighted by atomic mass is 35.5. The third-order valence-corrected chi connectivity index (χ3v) is 3.92. The van der Waals surface area contributed by atoms with Crippen LogP contribution in [0.15, 0.2) is 36.8 Å². The van der Waals surface area contributed by atoms with Crippen molar-refractivity contribution in [2.45, 2.75) is 19.9 Å². The summed E-state index contributed by atoms with van der Waals surface area (Å²) >= 11 is 5.60. The molecule has 1 aliphatic heterocycles. The number of carbonyl (C=O) groups is 1. The summed E-state index contributed by atoms with van der Waals surface area (Å²) < 4.78 is 5.63. The van der Waals surface area contributed by atoms with Crippen molar-refractivity contribution in [1.29, 1.82) is 0 Å². The molecule has 1 heterocycles. The summed E-state index contributed by atoms with van der Waals surface area (Å²) in [6, 6.07) is 0.150. The molecule has 1 saturated heterocycles. The predicted molar refractivity (Wildman–Crippen MR) is 95.3 cm³/mol. The number of hydrogen-bond donors (Lipinski definition) is 2. The number of amides is 1. The first-order valence-electron chi connectivity index (χ1n) is 8.03. The maximum Gasteiger partial charge on any atom is 0.227 e. The Bertz CT molecular complexity index is 438. The third kappa shape index (κ3) is 6.67. The molecule has 5 nitrogen and oxygen atoms in total. The number of hydrogen-bond acceptors (Lipinski definition) is 4. The number of carbonyl (C=O) groups excluding carboxylic acids is 1. The molecule has 1 aliphatic rings. The maximum atomic E-state index is 12.4. The Balaban J connectivity index is 2.57. The van der Waals surface area contributed by atoms with E-state index in [2.05, 4.69) is 17.2 Å². The van der Waals surface area contributed by atoms with Gasteiger partial charge >= 0.3 is 0 Å². The zero-order chi connectivity index (χ0) is 17.1. The molecule has 0 aromatic rings. The van der Waals surface area contributed by atoms with Crippen LogP contribution >= 0.6 is 11.6 Å². The van der Waals surface area contributed by atoms with Gasteiger partial charge in [-0.2, -0.15) is 0 Å². The zero-order valence-corrected chi connectivity index (χ0v) is 14.8. The summed E-state index contributed by atoms with van der Waals surface area (Å²) in [4.78, 5) is 14.3. The Morgan fingerprint density at radius 1 is 1.48 bits per heavy atom. The van der Waals surface area contributed by atoms with Crippen LogP contribution in [0, 0.1) is 5.92 Å². The van der Waals surface area contributed by atoms with Crippen molar-refractivity contribution in [2.24, 2.45) is 5.92 Å². The molecule has 0 spiro atoms. The van der Waals surface area contributed by atoms with Crippen molar-refractivity contribution in [3.05, 3.63) is 36.8 Å². The molecule has 0 aromatic heterocycles. The molecule has 2 atom stereocenters. The smallest absolute Gasteiger partial charge is 0.227 e. The summed E-state index contributed by atoms with van der Waals surface area (Å²) in [6.07, 6.45) is 7.47. The number of alkyl halides is 1. The van der Waals surface area contributed by atoms with Crippen LogP contribution in [0.1, 0.15) is 13.8 Å². The molecular formula is C17H28ClN3O2. The molecule has 0 bridgehead atoms. The van der Waals surface area contributed by atoms with Gasteiger partial charge in [-0.1, -0.05) is 25.7 Å². The molecule has 0 aliphatic carbocycles. The number of nitrogens with zero attached hydrogens (tertiary/aromatic N) is 1. The van der Waals surface area contributed by atoms with E-state index in [1.54, 1.807) is 6.20 Å². The highest BCUT2D eigenvalue weighted by Gasteiger charge is 2.36. The maximum absolute atomic E-state index is 12.4. The van der Waals surface area contributed by atoms with Crippen molar-refractivity contribution in [1.82, 2.24) is 15.5 Å². The van der Waals surface area contributed by atoms with Gasteiger partial charge in [0.25, 0.3) is 0 Å². The fraction of sp³-hybridized carbons (Fsp3) is 0.588. The number of ether oxygens (including phenoxy) is 1. The number of allylic oxidation sites excluding steroid dienone is 1. The summed E-state index contributed by atoms with van der Waals surface area (Å²) in [5.41, 5.74) is 0. The molecule has 6 heteroatoms. The minimum atomic E-state index is -0.0337. The number of likely N-dealkylation sites (tertiary alicyclic amines) is 1. The predicted octanol–water partition coefficient (Wildman–Crippen LogP) is 1.87. The van der Waals surface area contributed by atoms with Crippen LogP contribution in [0.5, 0.6) is 0 Å². The monoisotopic (exact) mass is 341 g/mol. The van der Waals surface area contributed by atoms with E-state index in [0.29, 0.717) is 32.1 Å². The Hall–Kier alpha value is -1.46. The summed E-state index contributed by atoms with van der Waals surface area (Å²) in [7, 11) is 0. The average molecular weight is 342 g/mol. The lowest BCUT2D eigenvalue weighted by atomic mass is 10.1. The highest BCUT2D eigenvalue weighted by Crippen LogP contribution is 2.19. The lowest BCUT2D eigenvalue weighted by Crippen LogP contribution is -2.36. The van der Waals surface area contributed by atoms with E-state index in [1.807, 2.05) is 37.0 Å². The van der Waals surface area contributed by atoms with Gasteiger partial charge in [0.1, 0.15) is 5.76 Å². The summed E-state index contributed by atoms with van der Waals surface area (Å²) in [6.45, 7) is 10.7. The Morgan fingerprint density at radius 3 is 2.91 bits per heavy atom. The quantitative estimate of drug-likeness (QED) is 0.261. The van der Waals surface area contributed by atoms with E-state index in [9.17, 15) is 4.79 Å². The molecule has 1 fully saturated rings. The van der Waals surface area contributed by atoms with Gasteiger partial charge in [0, 0.05) is 31.6 Å². The first kappa shape index (κ1) is 19.6. The van der Waals surface area contributed by atoms with Gasteiger partial charge in [-0.25, -0.2) is 0 Å². The Kier molecular flexibility index (Phi) is 9.48. The first-order valence-corrected chi connectivity index (χ1v) is 8.56. The van der Waals surface area contributed by atoms with Crippen LogP contribution in [0.3, 0.4) is 0 Å². The molecule has 130 valence electrons. The van der Waals surface area contributed by atoms with E-state index < -0.39 is 0 Å². The van der Waals surface area contributed by atoms with Crippen LogP contribution in [0.4, 0.5) is 0 Å². The van der Waals surface area contributed by atoms with Gasteiger partial charge < -0.3 is 20.3 Å². The topological polar surface area (TPSA) is 53.6 Å². The van der Waals surface area contributed by atoms with Gasteiger partial charge in [-0.15, -0.1) is 11.6 Å². The lowest BCUT2D eigenvalue weighted by molar-refractivity contribution is -0.130. The van der Waals surface area contributed by atoms with Crippen LogP contribution in [-0.4, -0.2) is 55.5 Å². The number of halogens is 1. The molecule has 0 radical (unpaired) electrons. The molecule has 0 aromatic carbocycles. The second-order valence-corrected chi connectivity index (χ2v) is 5.67. The van der Waals surface area contributed by atoms with Crippen LogP contribution in [0.25, 0.3) is 0 Å². The van der Waals surface area contributed by atoms with Gasteiger partial charge in [0.05, 0.1) is 19.1 Å². The second-order valence-electron chi connectivity index (χ2n) is 5.36. The summed E-state index contributed by atoms with van der Waals surface area (Å²) in [5, 5.41) is 6.39. The molecule has 1 amide bonds. The van der Waals surface area contributed by atoms with E-state index in [0.717, 1.165) is 12.3 Å². The third-order valence-electron chi connectivity index (χ3n) is 3.74. The van der Waals surface area contributed by atoms with Crippen molar-refractivity contribution in [3.8, 4) is 0 Å². The van der Waals surface area contributed by atoms with Crippen LogP contribution in [-0.2, 0) is 9.53 Å². The van der Waals surface area contributed by atoms with Gasteiger partial charge in [0.2, 0.25) is 5.91 Å². The standard InChI is InChI=1S/C17H28ClN3O2/c1-4-19-11-8-15(23-5-2)12-21-13-16(14(3)17(21)22)20-10-7-6-9-18/h4,6-8,14,16,19-20H,1,5,9-13H2,2-3H3/b7-6-,15-8+.